The van der Waals surface area contributed by atoms with Gasteiger partial charge in [-0.1, -0.05) is 41.9 Å². The van der Waals surface area contributed by atoms with E-state index >= 15 is 0 Å². The Kier molecular flexibility index (Phi) is 5.48. The fraction of sp³-hybridized carbons (Fsp3) is 0.409. The number of ether oxygens (including phenoxy) is 1. The maximum Gasteiger partial charge on any atom is 0.260 e. The Hall–Kier alpha value is -1.88. The van der Waals surface area contributed by atoms with E-state index in [9.17, 15) is 4.79 Å². The van der Waals surface area contributed by atoms with Crippen molar-refractivity contribution < 1.29 is 9.53 Å². The minimum atomic E-state index is -0.747. The predicted molar refractivity (Wildman–Crippen MR) is 108 cm³/mol. The molecule has 0 N–H and O–H groups in total. The molecule has 142 valence electrons. The third-order valence-electron chi connectivity index (χ3n) is 5.48. The lowest BCUT2D eigenvalue weighted by Crippen LogP contribution is -2.59. The van der Waals surface area contributed by atoms with Gasteiger partial charge in [0.25, 0.3) is 5.91 Å². The molecule has 4 nitrogen and oxygen atoms in total. The first-order valence-electron chi connectivity index (χ1n) is 9.64. The standard InChI is InChI=1S/C22H25ClN2O2/c23-19-8-6-7-18(15-19)16-24-13-14-27-22(17-24)11-4-5-12-25(21(22)26)20-9-2-1-3-10-20/h1-3,6-10,15H,4-5,11-14,16-17H2. The minimum Gasteiger partial charge on any atom is -0.362 e. The van der Waals surface area contributed by atoms with Crippen LogP contribution in [0.4, 0.5) is 5.69 Å². The molecule has 0 aromatic heterocycles. The van der Waals surface area contributed by atoms with Gasteiger partial charge in [0.15, 0.2) is 5.60 Å². The molecule has 1 atom stereocenters. The van der Waals surface area contributed by atoms with Gasteiger partial charge in [-0.15, -0.1) is 0 Å². The maximum atomic E-state index is 13.5. The molecule has 2 saturated heterocycles. The summed E-state index contributed by atoms with van der Waals surface area (Å²) in [5.74, 6) is 0.0991. The summed E-state index contributed by atoms with van der Waals surface area (Å²) in [5.41, 5.74) is 1.38. The van der Waals surface area contributed by atoms with Crippen molar-refractivity contribution in [3.63, 3.8) is 0 Å². The summed E-state index contributed by atoms with van der Waals surface area (Å²) in [5, 5.41) is 0.747. The quantitative estimate of drug-likeness (QED) is 0.797. The average Bonchev–Trinajstić information content (AvgIpc) is 2.83. The summed E-state index contributed by atoms with van der Waals surface area (Å²) >= 11 is 6.13. The average molecular weight is 385 g/mol. The fourth-order valence-electron chi connectivity index (χ4n) is 4.15. The number of nitrogens with zero attached hydrogens (tertiary/aromatic N) is 2. The molecule has 2 aliphatic rings. The van der Waals surface area contributed by atoms with Gasteiger partial charge in [0.05, 0.1) is 6.61 Å². The number of rotatable bonds is 3. The van der Waals surface area contributed by atoms with Crippen molar-refractivity contribution >= 4 is 23.2 Å². The molecule has 0 bridgehead atoms. The van der Waals surface area contributed by atoms with Gasteiger partial charge in [0.1, 0.15) is 0 Å². The zero-order valence-corrected chi connectivity index (χ0v) is 16.2. The monoisotopic (exact) mass is 384 g/mol. The van der Waals surface area contributed by atoms with E-state index in [1.54, 1.807) is 0 Å². The van der Waals surface area contributed by atoms with E-state index in [0.717, 1.165) is 49.6 Å². The molecule has 1 unspecified atom stereocenters. The Morgan fingerprint density at radius 1 is 1.04 bits per heavy atom. The van der Waals surface area contributed by atoms with E-state index in [1.807, 2.05) is 53.4 Å². The van der Waals surface area contributed by atoms with Crippen molar-refractivity contribution in [1.82, 2.24) is 4.90 Å². The first-order valence-corrected chi connectivity index (χ1v) is 10.0. The summed E-state index contributed by atoms with van der Waals surface area (Å²) in [4.78, 5) is 17.8. The van der Waals surface area contributed by atoms with Crippen LogP contribution in [0.15, 0.2) is 54.6 Å². The molecule has 0 saturated carbocycles. The van der Waals surface area contributed by atoms with Gasteiger partial charge >= 0.3 is 0 Å². The van der Waals surface area contributed by atoms with Gasteiger partial charge in [0, 0.05) is 36.9 Å². The highest BCUT2D eigenvalue weighted by Gasteiger charge is 2.47. The molecule has 0 aliphatic carbocycles. The number of benzene rings is 2. The molecule has 2 fully saturated rings. The first-order chi connectivity index (χ1) is 13.2. The van der Waals surface area contributed by atoms with Gasteiger partial charge in [0.2, 0.25) is 0 Å². The molecule has 5 heteroatoms. The van der Waals surface area contributed by atoms with Crippen LogP contribution in [-0.2, 0) is 16.1 Å². The van der Waals surface area contributed by atoms with Crippen molar-refractivity contribution in [3.05, 3.63) is 65.2 Å². The number of carbonyl (C=O) groups excluding carboxylic acids is 1. The van der Waals surface area contributed by atoms with E-state index in [1.165, 1.54) is 5.56 Å². The second-order valence-corrected chi connectivity index (χ2v) is 7.87. The Bertz CT molecular complexity index is 798. The molecule has 1 amide bonds. The summed E-state index contributed by atoms with van der Waals surface area (Å²) in [6.07, 6.45) is 2.78. The number of amides is 1. The van der Waals surface area contributed by atoms with Crippen LogP contribution in [0.1, 0.15) is 24.8 Å². The van der Waals surface area contributed by atoms with Crippen molar-refractivity contribution in [2.24, 2.45) is 0 Å². The lowest BCUT2D eigenvalue weighted by Gasteiger charge is -2.42. The Morgan fingerprint density at radius 2 is 1.89 bits per heavy atom. The summed E-state index contributed by atoms with van der Waals surface area (Å²) < 4.78 is 6.18. The smallest absolute Gasteiger partial charge is 0.260 e. The van der Waals surface area contributed by atoms with Crippen LogP contribution in [0.25, 0.3) is 0 Å². The Labute approximate surface area is 165 Å². The van der Waals surface area contributed by atoms with E-state index in [2.05, 4.69) is 11.0 Å². The van der Waals surface area contributed by atoms with Crippen molar-refractivity contribution in [2.75, 3.05) is 31.1 Å². The summed E-state index contributed by atoms with van der Waals surface area (Å²) in [7, 11) is 0. The zero-order valence-electron chi connectivity index (χ0n) is 15.4. The van der Waals surface area contributed by atoms with Crippen molar-refractivity contribution in [1.29, 1.82) is 0 Å². The normalized spacial score (nSPS) is 24.2. The zero-order chi connectivity index (χ0) is 18.7. The molecule has 2 aromatic carbocycles. The largest absolute Gasteiger partial charge is 0.362 e. The number of morpholine rings is 1. The van der Waals surface area contributed by atoms with E-state index in [4.69, 9.17) is 16.3 Å². The molecule has 2 aromatic rings. The van der Waals surface area contributed by atoms with Crippen LogP contribution in [0.2, 0.25) is 5.02 Å². The molecule has 27 heavy (non-hydrogen) atoms. The predicted octanol–water partition coefficient (Wildman–Crippen LogP) is 4.13. The van der Waals surface area contributed by atoms with Crippen LogP contribution in [0.5, 0.6) is 0 Å². The lowest BCUT2D eigenvalue weighted by molar-refractivity contribution is -0.158. The Balaban J connectivity index is 1.55. The number of anilines is 1. The van der Waals surface area contributed by atoms with Gasteiger partial charge in [-0.2, -0.15) is 0 Å². The van der Waals surface area contributed by atoms with Crippen LogP contribution < -0.4 is 4.90 Å². The topological polar surface area (TPSA) is 32.8 Å². The summed E-state index contributed by atoms with van der Waals surface area (Å²) in [6.45, 7) is 3.57. The van der Waals surface area contributed by atoms with Gasteiger partial charge in [-0.3, -0.25) is 9.69 Å². The SMILES string of the molecule is O=C1N(c2ccccc2)CCCCC12CN(Cc1cccc(Cl)c1)CCO2. The third-order valence-corrected chi connectivity index (χ3v) is 5.71. The lowest BCUT2D eigenvalue weighted by atomic mass is 9.93. The number of hydrogen-bond acceptors (Lipinski definition) is 3. The number of carbonyl (C=O) groups is 1. The number of halogens is 1. The van der Waals surface area contributed by atoms with Crippen LogP contribution in [0.3, 0.4) is 0 Å². The van der Waals surface area contributed by atoms with E-state index in [0.29, 0.717) is 13.2 Å². The highest BCUT2D eigenvalue weighted by Crippen LogP contribution is 2.32. The van der Waals surface area contributed by atoms with Crippen molar-refractivity contribution in [3.8, 4) is 0 Å². The fourth-order valence-corrected chi connectivity index (χ4v) is 4.37. The second-order valence-electron chi connectivity index (χ2n) is 7.43. The minimum absolute atomic E-state index is 0.0991. The molecule has 4 rings (SSSR count). The van der Waals surface area contributed by atoms with Gasteiger partial charge < -0.3 is 9.64 Å². The molecule has 0 radical (unpaired) electrons. The summed E-state index contributed by atoms with van der Waals surface area (Å²) in [6, 6.07) is 17.9. The number of hydrogen-bond donors (Lipinski definition) is 0. The highest BCUT2D eigenvalue weighted by atomic mass is 35.5. The van der Waals surface area contributed by atoms with E-state index in [-0.39, 0.29) is 5.91 Å². The number of para-hydroxylation sites is 1. The van der Waals surface area contributed by atoms with Crippen LogP contribution in [-0.4, -0.2) is 42.6 Å². The van der Waals surface area contributed by atoms with Crippen LogP contribution >= 0.6 is 11.6 Å². The molecule has 2 heterocycles. The highest BCUT2D eigenvalue weighted by molar-refractivity contribution is 6.30. The second kappa shape index (κ2) is 8.01. The Morgan fingerprint density at radius 3 is 2.70 bits per heavy atom. The molecular weight excluding hydrogens is 360 g/mol. The van der Waals surface area contributed by atoms with E-state index < -0.39 is 5.60 Å². The van der Waals surface area contributed by atoms with Gasteiger partial charge in [-0.25, -0.2) is 0 Å². The molecular formula is C22H25ClN2O2. The molecule has 2 aliphatic heterocycles. The first kappa shape index (κ1) is 18.5. The third kappa shape index (κ3) is 4.03. The van der Waals surface area contributed by atoms with Crippen molar-refractivity contribution in [2.45, 2.75) is 31.4 Å². The van der Waals surface area contributed by atoms with Crippen LogP contribution in [0, 0.1) is 0 Å². The van der Waals surface area contributed by atoms with Gasteiger partial charge in [-0.05, 0) is 49.1 Å². The maximum absolute atomic E-state index is 13.5. The molecule has 1 spiro atoms.